The normalized spacial score (nSPS) is 16.5. The third-order valence-electron chi connectivity index (χ3n) is 8.78. The van der Waals surface area contributed by atoms with Gasteiger partial charge in [-0.05, 0) is 91.7 Å². The van der Waals surface area contributed by atoms with Crippen LogP contribution in [-0.2, 0) is 6.42 Å². The fraction of sp³-hybridized carbons (Fsp3) is 0.441. The van der Waals surface area contributed by atoms with Gasteiger partial charge in [-0.1, -0.05) is 43.9 Å². The van der Waals surface area contributed by atoms with E-state index in [9.17, 15) is 8.78 Å². The number of aromatic nitrogens is 2. The van der Waals surface area contributed by atoms with Gasteiger partial charge in [-0.15, -0.1) is 6.42 Å². The second-order valence-corrected chi connectivity index (χ2v) is 12.7. The summed E-state index contributed by atoms with van der Waals surface area (Å²) < 4.78 is 30.5. The first-order chi connectivity index (χ1) is 21.1. The highest BCUT2D eigenvalue weighted by atomic mass is 32.2. The summed E-state index contributed by atoms with van der Waals surface area (Å²) in [5.41, 5.74) is 6.89. The number of benzene rings is 1. The Balaban J connectivity index is 1.72. The van der Waals surface area contributed by atoms with E-state index in [0.717, 1.165) is 59.4 Å². The molecular weight excluding hydrogens is 595 g/mol. The number of piperidine rings is 1. The number of nitrogens with zero attached hydrogens (tertiary/aromatic N) is 3. The van der Waals surface area contributed by atoms with Crippen molar-refractivity contribution >= 4 is 36.2 Å². The zero-order valence-electron chi connectivity index (χ0n) is 25.8. The smallest absolute Gasteiger partial charge is 0.295 e. The Bertz CT molecular complexity index is 1580. The molecule has 3 atom stereocenters. The van der Waals surface area contributed by atoms with Crippen molar-refractivity contribution in [3.63, 3.8) is 0 Å². The molecule has 2 unspecified atom stereocenters. The van der Waals surface area contributed by atoms with Crippen LogP contribution < -0.4 is 15.1 Å². The van der Waals surface area contributed by atoms with Crippen molar-refractivity contribution in [1.29, 1.82) is 10.8 Å². The van der Waals surface area contributed by atoms with Gasteiger partial charge < -0.3 is 4.90 Å². The van der Waals surface area contributed by atoms with Gasteiger partial charge in [0, 0.05) is 54.3 Å². The maximum absolute atomic E-state index is 13.3. The molecule has 2 aromatic heterocycles. The number of aryl methyl sites for hydroxylation is 1. The number of nitrogens with one attached hydrogen (secondary N) is 3. The predicted molar refractivity (Wildman–Crippen MR) is 182 cm³/mol. The van der Waals surface area contributed by atoms with Crippen molar-refractivity contribution in [2.45, 2.75) is 76.5 Å². The first kappa shape index (κ1) is 33.8. The van der Waals surface area contributed by atoms with E-state index in [2.05, 4.69) is 66.5 Å². The van der Waals surface area contributed by atoms with E-state index in [4.69, 9.17) is 22.2 Å². The first-order valence-electron chi connectivity index (χ1n) is 15.0. The lowest BCUT2D eigenvalue weighted by Gasteiger charge is -2.37. The van der Waals surface area contributed by atoms with Crippen molar-refractivity contribution in [2.24, 2.45) is 0 Å². The highest BCUT2D eigenvalue weighted by molar-refractivity contribution is 7.98. The number of hydrogen-bond donors (Lipinski definition) is 4. The molecule has 0 amide bonds. The van der Waals surface area contributed by atoms with Crippen LogP contribution in [0.25, 0.3) is 0 Å². The number of thioether (sulfide) groups is 1. The van der Waals surface area contributed by atoms with Gasteiger partial charge in [0.05, 0.1) is 0 Å². The number of rotatable bonds is 11. The molecule has 10 heteroatoms. The molecule has 6 nitrogen and oxygen atoms in total. The molecule has 3 N–H and O–H groups in total. The summed E-state index contributed by atoms with van der Waals surface area (Å²) in [5, 5.41) is 16.3. The van der Waals surface area contributed by atoms with Crippen LogP contribution in [0.1, 0.15) is 82.7 Å². The molecule has 0 radical (unpaired) electrons. The molecule has 3 heterocycles. The van der Waals surface area contributed by atoms with Crippen LogP contribution in [0.4, 0.5) is 14.6 Å². The molecule has 0 saturated carbocycles. The second-order valence-electron chi connectivity index (χ2n) is 11.4. The van der Waals surface area contributed by atoms with Gasteiger partial charge in [-0.2, -0.15) is 11.8 Å². The van der Waals surface area contributed by atoms with E-state index in [1.807, 2.05) is 6.26 Å². The number of terminal acetylenes is 1. The maximum Gasteiger partial charge on any atom is 0.295 e. The summed E-state index contributed by atoms with van der Waals surface area (Å²) >= 11 is 5.98. The van der Waals surface area contributed by atoms with Crippen LogP contribution in [0, 0.1) is 37.0 Å². The lowest BCUT2D eigenvalue weighted by molar-refractivity contribution is 0.219. The van der Waals surface area contributed by atoms with Gasteiger partial charge in [0.1, 0.15) is 11.3 Å². The molecule has 234 valence electrons. The Morgan fingerprint density at radius 1 is 1.23 bits per heavy atom. The fourth-order valence-electron chi connectivity index (χ4n) is 6.30. The minimum absolute atomic E-state index is 0.000114. The van der Waals surface area contributed by atoms with Crippen molar-refractivity contribution < 1.29 is 8.78 Å². The molecule has 44 heavy (non-hydrogen) atoms. The quantitative estimate of drug-likeness (QED) is 0.0789. The maximum atomic E-state index is 13.3. The van der Waals surface area contributed by atoms with Crippen LogP contribution >= 0.6 is 24.6 Å². The molecule has 1 aromatic carbocycles. The third-order valence-corrected chi connectivity index (χ3v) is 10.1. The number of anilines is 1. The van der Waals surface area contributed by atoms with Crippen molar-refractivity contribution in [1.82, 2.24) is 14.3 Å². The minimum Gasteiger partial charge on any atom is -0.352 e. The van der Waals surface area contributed by atoms with Gasteiger partial charge in [0.25, 0.3) is 6.43 Å². The summed E-state index contributed by atoms with van der Waals surface area (Å²) in [6, 6.07) is 10.8. The number of alkyl halides is 2. The SMILES string of the molecule is C#Cc1cnc(N2CCCC[C@H]2CNS)c(Cc2cc(C(CC)C(SC)c3ccn(C(=N)C(F)F)c(=N)c3C)ccc2C)c1. The minimum atomic E-state index is -2.95. The van der Waals surface area contributed by atoms with E-state index < -0.39 is 12.3 Å². The number of halogens is 2. The molecule has 3 aromatic rings. The molecule has 1 aliphatic heterocycles. The number of hydrogen-bond acceptors (Lipinski definition) is 7. The van der Waals surface area contributed by atoms with Gasteiger partial charge in [-0.3, -0.25) is 20.1 Å². The van der Waals surface area contributed by atoms with Crippen molar-refractivity contribution in [3.8, 4) is 12.3 Å². The largest absolute Gasteiger partial charge is 0.352 e. The van der Waals surface area contributed by atoms with E-state index in [-0.39, 0.29) is 16.7 Å². The van der Waals surface area contributed by atoms with Crippen molar-refractivity contribution in [2.75, 3.05) is 24.2 Å². The monoisotopic (exact) mass is 636 g/mol. The van der Waals surface area contributed by atoms with Gasteiger partial charge in [0.2, 0.25) is 0 Å². The average molecular weight is 637 g/mol. The molecule has 0 spiro atoms. The van der Waals surface area contributed by atoms with E-state index in [1.165, 1.54) is 29.3 Å². The molecule has 0 bridgehead atoms. The summed E-state index contributed by atoms with van der Waals surface area (Å²) in [6.07, 6.45) is 13.0. The Morgan fingerprint density at radius 3 is 2.66 bits per heavy atom. The Morgan fingerprint density at radius 2 is 2.00 bits per heavy atom. The van der Waals surface area contributed by atoms with Crippen molar-refractivity contribution in [3.05, 3.63) is 87.2 Å². The lowest BCUT2D eigenvalue weighted by atomic mass is 9.85. The summed E-state index contributed by atoms with van der Waals surface area (Å²) in [4.78, 5) is 7.28. The van der Waals surface area contributed by atoms with Gasteiger partial charge >= 0.3 is 0 Å². The predicted octanol–water partition coefficient (Wildman–Crippen LogP) is 7.03. The number of thiol groups is 1. The molecular formula is C34H42F2N6S2. The summed E-state index contributed by atoms with van der Waals surface area (Å²) in [5.74, 6) is 2.97. The molecule has 1 fully saturated rings. The summed E-state index contributed by atoms with van der Waals surface area (Å²) in [7, 11) is 0. The van der Waals surface area contributed by atoms with Crippen LogP contribution in [0.5, 0.6) is 0 Å². The van der Waals surface area contributed by atoms with E-state index in [1.54, 1.807) is 30.9 Å². The van der Waals surface area contributed by atoms with Gasteiger partial charge in [0.15, 0.2) is 5.84 Å². The Hall–Kier alpha value is -3.13. The number of pyridine rings is 2. The van der Waals surface area contributed by atoms with Crippen LogP contribution in [0.2, 0.25) is 0 Å². The fourth-order valence-corrected chi connectivity index (χ4v) is 7.70. The zero-order valence-corrected chi connectivity index (χ0v) is 27.5. The molecule has 0 aliphatic carbocycles. The first-order valence-corrected chi connectivity index (χ1v) is 16.7. The van der Waals surface area contributed by atoms with Crippen LogP contribution in [0.15, 0.2) is 42.7 Å². The molecule has 1 saturated heterocycles. The van der Waals surface area contributed by atoms with E-state index in [0.29, 0.717) is 18.0 Å². The molecule has 1 aliphatic rings. The molecule has 4 rings (SSSR count). The third kappa shape index (κ3) is 7.22. The zero-order chi connectivity index (χ0) is 32.0. The Labute approximate surface area is 269 Å². The summed E-state index contributed by atoms with van der Waals surface area (Å²) in [6.45, 7) is 7.78. The lowest BCUT2D eigenvalue weighted by Crippen LogP contribution is -2.45. The average Bonchev–Trinajstić information content (AvgIpc) is 3.02. The van der Waals surface area contributed by atoms with Crippen LogP contribution in [-0.4, -0.2) is 47.2 Å². The van der Waals surface area contributed by atoms with Gasteiger partial charge in [-0.25, -0.2) is 13.8 Å². The topological polar surface area (TPSA) is 80.8 Å². The Kier molecular flexibility index (Phi) is 11.7. The van der Waals surface area contributed by atoms with Crippen LogP contribution in [0.3, 0.4) is 0 Å². The second kappa shape index (κ2) is 15.2. The standard InChI is InChI=1S/C34H42F2N6S2/c1-6-23-16-26(34(39-19-23)41-14-9-8-10-27(41)20-40-43)18-25-17-24(12-11-21(25)3)28(7-2)30(44-5)29-13-15-42(32(37)22(29)4)33(38)31(35)36/h1,11-13,15-17,19,27-28,30-31,37-38,40,43H,7-10,14,18,20H2,2-5H3/t27-,28?,30?/m0/s1. The van der Waals surface area contributed by atoms with E-state index >= 15 is 0 Å². The highest BCUT2D eigenvalue weighted by Gasteiger charge is 2.28. The highest BCUT2D eigenvalue weighted by Crippen LogP contribution is 2.43.